The van der Waals surface area contributed by atoms with Crippen LogP contribution in [0.2, 0.25) is 0 Å². The van der Waals surface area contributed by atoms with Crippen LogP contribution in [0.25, 0.3) is 0 Å². The van der Waals surface area contributed by atoms with Gasteiger partial charge in [0.15, 0.2) is 0 Å². The first-order valence-corrected chi connectivity index (χ1v) is 6.47. The third-order valence-corrected chi connectivity index (χ3v) is 5.11. The van der Waals surface area contributed by atoms with E-state index in [4.69, 9.17) is 4.78 Å². The largest absolute Gasteiger partial charge is 0.317 e. The summed E-state index contributed by atoms with van der Waals surface area (Å²) in [4.78, 5) is 0. The normalized spacial score (nSPS) is 40.3. The van der Waals surface area contributed by atoms with Crippen molar-refractivity contribution < 1.29 is 4.21 Å². The van der Waals surface area contributed by atoms with Crippen LogP contribution in [-0.2, 0) is 9.73 Å². The van der Waals surface area contributed by atoms with Crippen molar-refractivity contribution in [3.05, 3.63) is 0 Å². The Balaban J connectivity index is 2.13. The maximum absolute atomic E-state index is 11.5. The quantitative estimate of drug-likeness (QED) is 0.591. The van der Waals surface area contributed by atoms with Gasteiger partial charge >= 0.3 is 0 Å². The number of hydrogen-bond acceptors (Lipinski definition) is 3. The Morgan fingerprint density at radius 1 is 1.25 bits per heavy atom. The van der Waals surface area contributed by atoms with Gasteiger partial charge in [-0.05, 0) is 37.8 Å². The molecule has 0 saturated carbocycles. The third-order valence-electron chi connectivity index (χ3n) is 3.17. The molecule has 1 spiro atoms. The fourth-order valence-electron chi connectivity index (χ4n) is 2.37. The van der Waals surface area contributed by atoms with Crippen molar-refractivity contribution in [3.8, 4) is 0 Å². The van der Waals surface area contributed by atoms with Crippen molar-refractivity contribution in [3.63, 3.8) is 0 Å². The Hall–Kier alpha value is -0.0900. The first-order valence-electron chi connectivity index (χ1n) is 4.57. The van der Waals surface area contributed by atoms with E-state index in [2.05, 4.69) is 5.32 Å². The van der Waals surface area contributed by atoms with Gasteiger partial charge in [-0.25, -0.2) is 4.21 Å². The van der Waals surface area contributed by atoms with E-state index < -0.39 is 9.73 Å². The summed E-state index contributed by atoms with van der Waals surface area (Å²) in [6.45, 7) is 2.10. The Bertz CT molecular complexity index is 265. The second kappa shape index (κ2) is 2.70. The minimum absolute atomic E-state index is 0.282. The molecule has 0 radical (unpaired) electrons. The molecule has 2 N–H and O–H groups in total. The Morgan fingerprint density at radius 2 is 1.92 bits per heavy atom. The zero-order valence-corrected chi connectivity index (χ0v) is 8.08. The molecule has 2 aliphatic rings. The Labute approximate surface area is 73.9 Å². The summed E-state index contributed by atoms with van der Waals surface area (Å²) in [6, 6.07) is 0. The van der Waals surface area contributed by atoms with Gasteiger partial charge in [0.2, 0.25) is 0 Å². The monoisotopic (exact) mass is 188 g/mol. The van der Waals surface area contributed by atoms with Crippen LogP contribution in [0, 0.1) is 10.2 Å². The lowest BCUT2D eigenvalue weighted by molar-refractivity contribution is 0.238. The summed E-state index contributed by atoms with van der Waals surface area (Å²) in [7, 11) is -2.18. The molecular weight excluding hydrogens is 172 g/mol. The average molecular weight is 188 g/mol. The lowest BCUT2D eigenvalue weighted by atomic mass is 9.79. The zero-order chi connectivity index (χ0) is 8.66. The Kier molecular flexibility index (Phi) is 1.92. The van der Waals surface area contributed by atoms with Gasteiger partial charge in [-0.2, -0.15) is 0 Å². The van der Waals surface area contributed by atoms with E-state index >= 15 is 0 Å². The molecule has 2 heterocycles. The van der Waals surface area contributed by atoms with Crippen LogP contribution in [0.3, 0.4) is 0 Å². The van der Waals surface area contributed by atoms with Gasteiger partial charge in [0.05, 0.1) is 0 Å². The predicted molar refractivity (Wildman–Crippen MR) is 49.7 cm³/mol. The standard InChI is InChI=1S/C8H16N2OS/c9-12(11)6-3-8(7-12)1-4-10-5-2-8/h9-10H,1-7H2. The van der Waals surface area contributed by atoms with Crippen LogP contribution in [-0.4, -0.2) is 28.8 Å². The number of nitrogens with one attached hydrogen (secondary N) is 2. The van der Waals surface area contributed by atoms with E-state index in [-0.39, 0.29) is 5.41 Å². The van der Waals surface area contributed by atoms with E-state index in [0.29, 0.717) is 11.5 Å². The molecule has 2 saturated heterocycles. The molecule has 12 heavy (non-hydrogen) atoms. The molecule has 2 aliphatic heterocycles. The smallest absolute Gasteiger partial charge is 0.0447 e. The van der Waals surface area contributed by atoms with Gasteiger partial charge in [-0.15, -0.1) is 0 Å². The zero-order valence-electron chi connectivity index (χ0n) is 7.27. The van der Waals surface area contributed by atoms with Gasteiger partial charge in [0.1, 0.15) is 0 Å². The fraction of sp³-hybridized carbons (Fsp3) is 1.00. The molecule has 4 heteroatoms. The van der Waals surface area contributed by atoms with E-state index in [1.807, 2.05) is 0 Å². The van der Waals surface area contributed by atoms with Crippen LogP contribution in [0.5, 0.6) is 0 Å². The van der Waals surface area contributed by atoms with Crippen LogP contribution >= 0.6 is 0 Å². The van der Waals surface area contributed by atoms with Crippen molar-refractivity contribution in [1.29, 1.82) is 4.78 Å². The summed E-state index contributed by atoms with van der Waals surface area (Å²) in [6.07, 6.45) is 3.28. The van der Waals surface area contributed by atoms with Gasteiger partial charge in [0.25, 0.3) is 0 Å². The molecule has 1 unspecified atom stereocenters. The summed E-state index contributed by atoms with van der Waals surface area (Å²) < 4.78 is 19.1. The highest BCUT2D eigenvalue weighted by Gasteiger charge is 2.40. The molecule has 0 aliphatic carbocycles. The SMILES string of the molecule is N=S1(=O)CCC2(CCNCC2)C1. The second-order valence-electron chi connectivity index (χ2n) is 4.16. The molecule has 2 fully saturated rings. The van der Waals surface area contributed by atoms with Crippen molar-refractivity contribution in [2.24, 2.45) is 5.41 Å². The molecule has 0 aromatic rings. The average Bonchev–Trinajstić information content (AvgIpc) is 2.29. The maximum Gasteiger partial charge on any atom is 0.0447 e. The Morgan fingerprint density at radius 3 is 2.42 bits per heavy atom. The predicted octanol–water partition coefficient (Wildman–Crippen LogP) is 0.807. The lowest BCUT2D eigenvalue weighted by Gasteiger charge is -2.32. The van der Waals surface area contributed by atoms with Gasteiger partial charge < -0.3 is 5.32 Å². The van der Waals surface area contributed by atoms with Crippen molar-refractivity contribution in [1.82, 2.24) is 5.32 Å². The molecule has 0 aromatic heterocycles. The topological polar surface area (TPSA) is 53.0 Å². The van der Waals surface area contributed by atoms with Gasteiger partial charge in [-0.1, -0.05) is 0 Å². The summed E-state index contributed by atoms with van der Waals surface area (Å²) in [5.74, 6) is 1.31. The number of hydrogen-bond donors (Lipinski definition) is 2. The van der Waals surface area contributed by atoms with Gasteiger partial charge in [0, 0.05) is 21.2 Å². The van der Waals surface area contributed by atoms with E-state index in [0.717, 1.165) is 32.4 Å². The van der Waals surface area contributed by atoms with Crippen LogP contribution in [0.15, 0.2) is 0 Å². The first-order chi connectivity index (χ1) is 5.62. The van der Waals surface area contributed by atoms with Crippen molar-refractivity contribution in [2.45, 2.75) is 19.3 Å². The molecule has 0 bridgehead atoms. The highest BCUT2D eigenvalue weighted by atomic mass is 32.2. The van der Waals surface area contributed by atoms with Crippen LogP contribution in [0.4, 0.5) is 0 Å². The van der Waals surface area contributed by atoms with Crippen LogP contribution in [0.1, 0.15) is 19.3 Å². The maximum atomic E-state index is 11.5. The highest BCUT2D eigenvalue weighted by Crippen LogP contribution is 2.39. The molecule has 0 aromatic carbocycles. The highest BCUT2D eigenvalue weighted by molar-refractivity contribution is 7.92. The number of piperidine rings is 1. The third kappa shape index (κ3) is 1.50. The van der Waals surface area contributed by atoms with Gasteiger partial charge in [-0.3, -0.25) is 4.78 Å². The fourth-order valence-corrected chi connectivity index (χ4v) is 4.70. The minimum atomic E-state index is -2.18. The molecule has 3 nitrogen and oxygen atoms in total. The van der Waals surface area contributed by atoms with Crippen molar-refractivity contribution >= 4 is 9.73 Å². The van der Waals surface area contributed by atoms with E-state index in [9.17, 15) is 4.21 Å². The first kappa shape index (κ1) is 8.51. The summed E-state index contributed by atoms with van der Waals surface area (Å²) in [5, 5.41) is 3.31. The van der Waals surface area contributed by atoms with E-state index in [1.165, 1.54) is 0 Å². The molecule has 2 rings (SSSR count). The van der Waals surface area contributed by atoms with Crippen LogP contribution < -0.4 is 5.32 Å². The van der Waals surface area contributed by atoms with Crippen molar-refractivity contribution in [2.75, 3.05) is 24.6 Å². The minimum Gasteiger partial charge on any atom is -0.317 e. The molecule has 1 atom stereocenters. The molecule has 70 valence electrons. The molecule has 0 amide bonds. The second-order valence-corrected chi connectivity index (χ2v) is 6.48. The molecular formula is C8H16N2OS. The summed E-state index contributed by atoms with van der Waals surface area (Å²) in [5.41, 5.74) is 0.282. The summed E-state index contributed by atoms with van der Waals surface area (Å²) >= 11 is 0. The van der Waals surface area contributed by atoms with E-state index in [1.54, 1.807) is 0 Å². The lowest BCUT2D eigenvalue weighted by Crippen LogP contribution is -2.37. The number of rotatable bonds is 0.